The molecule has 1 aromatic carbocycles. The second kappa shape index (κ2) is 6.64. The predicted octanol–water partition coefficient (Wildman–Crippen LogP) is 2.67. The van der Waals surface area contributed by atoms with Gasteiger partial charge in [0.25, 0.3) is 0 Å². The molecule has 0 radical (unpaired) electrons. The number of hydrogen-bond donors (Lipinski definition) is 1. The summed E-state index contributed by atoms with van der Waals surface area (Å²) in [6.07, 6.45) is 0.938. The zero-order valence-electron chi connectivity index (χ0n) is 10.6. The number of nitrogens with two attached hydrogens (primary N) is 1. The topological polar surface area (TPSA) is 48.1 Å². The van der Waals surface area contributed by atoms with E-state index in [0.29, 0.717) is 13.2 Å². The van der Waals surface area contributed by atoms with E-state index in [4.69, 9.17) is 10.5 Å². The molecule has 4 heteroatoms. The molecule has 0 fully saturated rings. The molecule has 96 valence electrons. The second-order valence-corrected chi connectivity index (χ2v) is 5.13. The van der Waals surface area contributed by atoms with Gasteiger partial charge in [0.2, 0.25) is 0 Å². The number of aromatic nitrogens is 1. The molecule has 0 bridgehead atoms. The molecule has 3 nitrogen and oxygen atoms in total. The minimum absolute atomic E-state index is 0.577. The molecule has 2 aromatic rings. The van der Waals surface area contributed by atoms with E-state index in [-0.39, 0.29) is 0 Å². The van der Waals surface area contributed by atoms with Gasteiger partial charge in [-0.2, -0.15) is 0 Å². The Kier molecular flexibility index (Phi) is 4.87. The fourth-order valence-corrected chi connectivity index (χ4v) is 2.53. The van der Waals surface area contributed by atoms with E-state index in [1.165, 1.54) is 10.4 Å². The molecule has 0 atom stereocenters. The third-order valence-corrected chi connectivity index (χ3v) is 3.81. The van der Waals surface area contributed by atoms with E-state index in [2.05, 4.69) is 17.1 Å². The summed E-state index contributed by atoms with van der Waals surface area (Å²) >= 11 is 1.69. The molecule has 0 aliphatic heterocycles. The smallest absolute Gasteiger partial charge is 0.0797 e. The van der Waals surface area contributed by atoms with Crippen LogP contribution >= 0.6 is 11.3 Å². The summed E-state index contributed by atoms with van der Waals surface area (Å²) in [6.45, 7) is 3.99. The summed E-state index contributed by atoms with van der Waals surface area (Å²) in [6, 6.07) is 8.22. The van der Waals surface area contributed by atoms with Crippen molar-refractivity contribution in [2.75, 3.05) is 6.61 Å². The fourth-order valence-electron chi connectivity index (χ4n) is 1.77. The average Bonchev–Trinajstić information content (AvgIpc) is 2.81. The van der Waals surface area contributed by atoms with Gasteiger partial charge in [-0.15, -0.1) is 11.3 Å². The van der Waals surface area contributed by atoms with Crippen LogP contribution < -0.4 is 5.73 Å². The molecule has 0 aliphatic carbocycles. The van der Waals surface area contributed by atoms with Gasteiger partial charge in [-0.05, 0) is 18.1 Å². The van der Waals surface area contributed by atoms with Gasteiger partial charge in [0.1, 0.15) is 0 Å². The highest BCUT2D eigenvalue weighted by molar-refractivity contribution is 7.09. The Hall–Kier alpha value is -1.23. The van der Waals surface area contributed by atoms with Gasteiger partial charge in [-0.25, -0.2) is 4.98 Å². The van der Waals surface area contributed by atoms with E-state index in [0.717, 1.165) is 24.3 Å². The molecular weight excluding hydrogens is 244 g/mol. The van der Waals surface area contributed by atoms with Crippen LogP contribution in [0.25, 0.3) is 0 Å². The highest BCUT2D eigenvalue weighted by atomic mass is 32.1. The van der Waals surface area contributed by atoms with Crippen molar-refractivity contribution in [1.29, 1.82) is 0 Å². The SMILES string of the molecule is Cc1ncsc1CCOCc1cccc(CN)c1. The molecule has 18 heavy (non-hydrogen) atoms. The van der Waals surface area contributed by atoms with Crippen LogP contribution in [0.5, 0.6) is 0 Å². The molecule has 1 aromatic heterocycles. The summed E-state index contributed by atoms with van der Waals surface area (Å²) < 4.78 is 5.69. The third-order valence-electron chi connectivity index (χ3n) is 2.81. The summed E-state index contributed by atoms with van der Waals surface area (Å²) in [5.41, 5.74) is 10.9. The van der Waals surface area contributed by atoms with E-state index < -0.39 is 0 Å². The fraction of sp³-hybridized carbons (Fsp3) is 0.357. The van der Waals surface area contributed by atoms with Gasteiger partial charge in [0.05, 0.1) is 24.4 Å². The van der Waals surface area contributed by atoms with Gasteiger partial charge < -0.3 is 10.5 Å². The van der Waals surface area contributed by atoms with Crippen molar-refractivity contribution < 1.29 is 4.74 Å². The number of hydrogen-bond acceptors (Lipinski definition) is 4. The quantitative estimate of drug-likeness (QED) is 0.814. The molecule has 0 aliphatic rings. The number of aryl methyl sites for hydroxylation is 1. The maximum Gasteiger partial charge on any atom is 0.0797 e. The van der Waals surface area contributed by atoms with Gasteiger partial charge in [-0.3, -0.25) is 0 Å². The monoisotopic (exact) mass is 262 g/mol. The van der Waals surface area contributed by atoms with Crippen molar-refractivity contribution in [3.63, 3.8) is 0 Å². The molecule has 0 saturated carbocycles. The summed E-state index contributed by atoms with van der Waals surface area (Å²) in [4.78, 5) is 5.54. The largest absolute Gasteiger partial charge is 0.376 e. The van der Waals surface area contributed by atoms with Gasteiger partial charge >= 0.3 is 0 Å². The first-order valence-corrected chi connectivity index (χ1v) is 6.92. The number of rotatable bonds is 6. The van der Waals surface area contributed by atoms with Crippen molar-refractivity contribution >= 4 is 11.3 Å². The first kappa shape index (κ1) is 13.2. The maximum absolute atomic E-state index is 5.69. The molecule has 0 unspecified atom stereocenters. The highest BCUT2D eigenvalue weighted by Gasteiger charge is 2.01. The molecule has 2 N–H and O–H groups in total. The minimum Gasteiger partial charge on any atom is -0.376 e. The van der Waals surface area contributed by atoms with Gasteiger partial charge in [-0.1, -0.05) is 24.3 Å². The Balaban J connectivity index is 1.76. The number of nitrogens with zero attached hydrogens (tertiary/aromatic N) is 1. The van der Waals surface area contributed by atoms with Crippen LogP contribution in [0.2, 0.25) is 0 Å². The molecule has 0 amide bonds. The van der Waals surface area contributed by atoms with Crippen LogP contribution in [-0.4, -0.2) is 11.6 Å². The summed E-state index contributed by atoms with van der Waals surface area (Å²) in [5.74, 6) is 0. The number of benzene rings is 1. The standard InChI is InChI=1S/C14H18N2OS/c1-11-14(18-10-16-11)5-6-17-9-13-4-2-3-12(7-13)8-15/h2-4,7,10H,5-6,8-9,15H2,1H3. The second-order valence-electron chi connectivity index (χ2n) is 4.19. The van der Waals surface area contributed by atoms with E-state index in [1.54, 1.807) is 11.3 Å². The lowest BCUT2D eigenvalue weighted by Gasteiger charge is -2.05. The Morgan fingerprint density at radius 3 is 2.89 bits per heavy atom. The van der Waals surface area contributed by atoms with Crippen molar-refractivity contribution in [2.24, 2.45) is 5.73 Å². The van der Waals surface area contributed by atoms with Crippen molar-refractivity contribution in [3.8, 4) is 0 Å². The van der Waals surface area contributed by atoms with E-state index in [1.807, 2.05) is 24.6 Å². The van der Waals surface area contributed by atoms with Crippen LogP contribution in [0, 0.1) is 6.92 Å². The molecule has 1 heterocycles. The van der Waals surface area contributed by atoms with Crippen LogP contribution in [0.1, 0.15) is 21.7 Å². The van der Waals surface area contributed by atoms with E-state index >= 15 is 0 Å². The third kappa shape index (κ3) is 3.63. The predicted molar refractivity (Wildman–Crippen MR) is 74.5 cm³/mol. The van der Waals surface area contributed by atoms with Crippen LogP contribution in [0.3, 0.4) is 0 Å². The molecule has 0 spiro atoms. The molecule has 0 saturated heterocycles. The highest BCUT2D eigenvalue weighted by Crippen LogP contribution is 2.13. The first-order chi connectivity index (χ1) is 8.79. The lowest BCUT2D eigenvalue weighted by atomic mass is 10.1. The Labute approximate surface area is 112 Å². The summed E-state index contributed by atoms with van der Waals surface area (Å²) in [7, 11) is 0. The zero-order valence-corrected chi connectivity index (χ0v) is 11.4. The van der Waals surface area contributed by atoms with Crippen LogP contribution in [0.15, 0.2) is 29.8 Å². The van der Waals surface area contributed by atoms with Gasteiger partial charge in [0.15, 0.2) is 0 Å². The lowest BCUT2D eigenvalue weighted by molar-refractivity contribution is 0.124. The maximum atomic E-state index is 5.69. The van der Waals surface area contributed by atoms with Crippen molar-refractivity contribution in [3.05, 3.63) is 51.5 Å². The van der Waals surface area contributed by atoms with Crippen molar-refractivity contribution in [2.45, 2.75) is 26.5 Å². The normalized spacial score (nSPS) is 10.8. The minimum atomic E-state index is 0.577. The average molecular weight is 262 g/mol. The van der Waals surface area contributed by atoms with Crippen molar-refractivity contribution in [1.82, 2.24) is 4.98 Å². The zero-order chi connectivity index (χ0) is 12.8. The first-order valence-electron chi connectivity index (χ1n) is 6.04. The number of thiazole rings is 1. The number of ether oxygens (including phenoxy) is 1. The Morgan fingerprint density at radius 2 is 2.17 bits per heavy atom. The molecule has 2 rings (SSSR count). The Morgan fingerprint density at radius 1 is 1.33 bits per heavy atom. The molecular formula is C14H18N2OS. The van der Waals surface area contributed by atoms with E-state index in [9.17, 15) is 0 Å². The lowest BCUT2D eigenvalue weighted by Crippen LogP contribution is -2.01. The summed E-state index contributed by atoms with van der Waals surface area (Å²) in [5, 5.41) is 0. The van der Waals surface area contributed by atoms with Crippen LogP contribution in [0.4, 0.5) is 0 Å². The van der Waals surface area contributed by atoms with Gasteiger partial charge in [0, 0.05) is 17.8 Å². The van der Waals surface area contributed by atoms with Crippen LogP contribution in [-0.2, 0) is 24.3 Å². The Bertz CT molecular complexity index is 496.